The lowest BCUT2D eigenvalue weighted by atomic mass is 9.99. The minimum Gasteiger partial charge on any atom is -0.306 e. The summed E-state index contributed by atoms with van der Waals surface area (Å²) in [6.45, 7) is 5.68. The number of carbonyl (C=O) groups excluding carboxylic acids is 1. The molecule has 1 unspecified atom stereocenters. The van der Waals surface area contributed by atoms with Crippen LogP contribution in [-0.2, 0) is 4.79 Å². The van der Waals surface area contributed by atoms with Gasteiger partial charge in [-0.15, -0.1) is 0 Å². The Morgan fingerprint density at radius 2 is 2.14 bits per heavy atom. The second kappa shape index (κ2) is 4.45. The van der Waals surface area contributed by atoms with E-state index in [1.165, 1.54) is 26.1 Å². The summed E-state index contributed by atoms with van der Waals surface area (Å²) in [5.41, 5.74) is 0. The van der Waals surface area contributed by atoms with E-state index in [0.29, 0.717) is 9.71 Å². The lowest BCUT2D eigenvalue weighted by Gasteiger charge is -2.38. The van der Waals surface area contributed by atoms with Crippen molar-refractivity contribution in [2.45, 2.75) is 6.42 Å². The zero-order valence-corrected chi connectivity index (χ0v) is 10.7. The normalized spacial score (nSPS) is 30.6. The zero-order valence-electron chi connectivity index (χ0n) is 8.58. The molecule has 0 aliphatic carbocycles. The number of likely N-dealkylation sites (tertiary alicyclic amines) is 2. The maximum absolute atomic E-state index is 11.0. The molecule has 0 N–H and O–H groups in total. The van der Waals surface area contributed by atoms with Gasteiger partial charge in [-0.25, -0.2) is 0 Å². The maximum Gasteiger partial charge on any atom is 0.198 e. The SMILES string of the molecule is CN1CCC(CN2CC(C(=O)I)C2)C1. The maximum atomic E-state index is 11.0. The molecule has 4 heteroatoms. The summed E-state index contributed by atoms with van der Waals surface area (Å²) < 4.78 is 0.336. The Hall–Kier alpha value is 0.320. The molecule has 2 saturated heterocycles. The molecule has 0 amide bonds. The molecule has 0 saturated carbocycles. The van der Waals surface area contributed by atoms with Gasteiger partial charge in [-0.3, -0.25) is 4.79 Å². The van der Waals surface area contributed by atoms with Crippen molar-refractivity contribution < 1.29 is 4.79 Å². The molecular formula is C10H17IN2O. The Morgan fingerprint density at radius 3 is 2.64 bits per heavy atom. The molecule has 14 heavy (non-hydrogen) atoms. The highest BCUT2D eigenvalue weighted by Gasteiger charge is 2.33. The van der Waals surface area contributed by atoms with Crippen LogP contribution in [0.4, 0.5) is 0 Å². The Bertz CT molecular complexity index is 228. The van der Waals surface area contributed by atoms with E-state index in [0.717, 1.165) is 19.0 Å². The molecule has 2 rings (SSSR count). The van der Waals surface area contributed by atoms with Crippen LogP contribution in [0.3, 0.4) is 0 Å². The number of hydrogen-bond donors (Lipinski definition) is 0. The molecule has 0 bridgehead atoms. The van der Waals surface area contributed by atoms with E-state index in [2.05, 4.69) is 16.8 Å². The molecule has 0 radical (unpaired) electrons. The van der Waals surface area contributed by atoms with Crippen LogP contribution in [0.25, 0.3) is 0 Å². The Labute approximate surface area is 99.0 Å². The third-order valence-electron chi connectivity index (χ3n) is 3.28. The van der Waals surface area contributed by atoms with E-state index in [-0.39, 0.29) is 0 Å². The monoisotopic (exact) mass is 308 g/mol. The summed E-state index contributed by atoms with van der Waals surface area (Å²) in [4.78, 5) is 15.8. The van der Waals surface area contributed by atoms with Gasteiger partial charge in [-0.2, -0.15) is 0 Å². The highest BCUT2D eigenvalue weighted by Crippen LogP contribution is 2.23. The van der Waals surface area contributed by atoms with Crippen molar-refractivity contribution in [1.82, 2.24) is 9.80 Å². The molecule has 2 heterocycles. The van der Waals surface area contributed by atoms with Crippen LogP contribution in [-0.4, -0.2) is 53.4 Å². The Kier molecular flexibility index (Phi) is 3.44. The first-order valence-electron chi connectivity index (χ1n) is 5.25. The zero-order chi connectivity index (χ0) is 10.1. The van der Waals surface area contributed by atoms with Crippen molar-refractivity contribution in [1.29, 1.82) is 0 Å². The molecule has 3 nitrogen and oxygen atoms in total. The highest BCUT2D eigenvalue weighted by molar-refractivity contribution is 14.1. The highest BCUT2D eigenvalue weighted by atomic mass is 127. The van der Waals surface area contributed by atoms with Crippen molar-refractivity contribution in [2.24, 2.45) is 11.8 Å². The average molecular weight is 308 g/mol. The molecule has 0 aromatic carbocycles. The molecule has 2 fully saturated rings. The van der Waals surface area contributed by atoms with Crippen molar-refractivity contribution in [2.75, 3.05) is 39.8 Å². The first-order valence-corrected chi connectivity index (χ1v) is 6.33. The van der Waals surface area contributed by atoms with E-state index in [1.54, 1.807) is 0 Å². The third-order valence-corrected chi connectivity index (χ3v) is 4.16. The van der Waals surface area contributed by atoms with E-state index in [4.69, 9.17) is 0 Å². The fourth-order valence-corrected chi connectivity index (χ4v) is 2.80. The molecule has 0 aromatic heterocycles. The number of carbonyl (C=O) groups is 1. The second-order valence-electron chi connectivity index (χ2n) is 4.64. The lowest BCUT2D eigenvalue weighted by molar-refractivity contribution is -0.117. The van der Waals surface area contributed by atoms with Gasteiger partial charge >= 0.3 is 0 Å². The van der Waals surface area contributed by atoms with Crippen LogP contribution in [0.2, 0.25) is 0 Å². The first-order chi connectivity index (χ1) is 6.65. The summed E-state index contributed by atoms with van der Waals surface area (Å²) in [5.74, 6) is 1.17. The van der Waals surface area contributed by atoms with Gasteiger partial charge < -0.3 is 9.80 Å². The van der Waals surface area contributed by atoms with Gasteiger partial charge in [0, 0.05) is 26.2 Å². The number of nitrogens with zero attached hydrogens (tertiary/aromatic N) is 2. The van der Waals surface area contributed by atoms with Crippen LogP contribution in [0.15, 0.2) is 0 Å². The summed E-state index contributed by atoms with van der Waals surface area (Å²) in [5, 5.41) is 0. The van der Waals surface area contributed by atoms with E-state index in [1.807, 2.05) is 22.6 Å². The predicted octanol–water partition coefficient (Wildman–Crippen LogP) is 0.831. The standard InChI is InChI=1S/C10H17IN2O/c1-12-3-2-8(4-12)5-13-6-9(7-13)10(11)14/h8-9H,2-7H2,1H3. The van der Waals surface area contributed by atoms with Gasteiger partial charge in [0.05, 0.1) is 5.92 Å². The predicted molar refractivity (Wildman–Crippen MR) is 64.6 cm³/mol. The largest absolute Gasteiger partial charge is 0.306 e. The summed E-state index contributed by atoms with van der Waals surface area (Å²) in [7, 11) is 2.19. The van der Waals surface area contributed by atoms with Gasteiger partial charge in [0.1, 0.15) is 0 Å². The van der Waals surface area contributed by atoms with Crippen LogP contribution >= 0.6 is 22.6 Å². The number of rotatable bonds is 3. The molecule has 0 aromatic rings. The minimum atomic E-state index is 0.328. The number of hydrogen-bond acceptors (Lipinski definition) is 3. The van der Waals surface area contributed by atoms with E-state index in [9.17, 15) is 4.79 Å². The topological polar surface area (TPSA) is 23.6 Å². The van der Waals surface area contributed by atoms with Crippen LogP contribution in [0, 0.1) is 11.8 Å². The molecule has 2 aliphatic heterocycles. The molecule has 2 aliphatic rings. The molecule has 80 valence electrons. The van der Waals surface area contributed by atoms with Gasteiger partial charge in [-0.1, -0.05) is 0 Å². The minimum absolute atomic E-state index is 0.328. The smallest absolute Gasteiger partial charge is 0.198 e. The van der Waals surface area contributed by atoms with E-state index >= 15 is 0 Å². The van der Waals surface area contributed by atoms with Crippen LogP contribution < -0.4 is 0 Å². The van der Waals surface area contributed by atoms with Crippen LogP contribution in [0.5, 0.6) is 0 Å². The Morgan fingerprint density at radius 1 is 1.43 bits per heavy atom. The van der Waals surface area contributed by atoms with Gasteiger partial charge in [-0.05, 0) is 48.5 Å². The summed E-state index contributed by atoms with van der Waals surface area (Å²) in [6.07, 6.45) is 1.33. The van der Waals surface area contributed by atoms with E-state index < -0.39 is 0 Å². The third kappa shape index (κ3) is 2.46. The first kappa shape index (κ1) is 10.8. The quantitative estimate of drug-likeness (QED) is 0.570. The molecular weight excluding hydrogens is 291 g/mol. The van der Waals surface area contributed by atoms with Crippen LogP contribution in [0.1, 0.15) is 6.42 Å². The molecule has 1 atom stereocenters. The molecule has 0 spiro atoms. The lowest BCUT2D eigenvalue weighted by Crippen LogP contribution is -2.50. The van der Waals surface area contributed by atoms with Gasteiger partial charge in [0.15, 0.2) is 3.79 Å². The Balaban J connectivity index is 1.67. The van der Waals surface area contributed by atoms with Crippen molar-refractivity contribution >= 4 is 26.4 Å². The summed E-state index contributed by atoms with van der Waals surface area (Å²) in [6, 6.07) is 0. The number of halogens is 1. The fraction of sp³-hybridized carbons (Fsp3) is 0.900. The average Bonchev–Trinajstić information content (AvgIpc) is 2.42. The van der Waals surface area contributed by atoms with Gasteiger partial charge in [0.25, 0.3) is 0 Å². The summed E-state index contributed by atoms with van der Waals surface area (Å²) >= 11 is 1.92. The second-order valence-corrected chi connectivity index (χ2v) is 5.70. The fourth-order valence-electron chi connectivity index (χ4n) is 2.40. The van der Waals surface area contributed by atoms with Crippen molar-refractivity contribution in [3.63, 3.8) is 0 Å². The van der Waals surface area contributed by atoms with Crippen molar-refractivity contribution in [3.8, 4) is 0 Å². The van der Waals surface area contributed by atoms with Gasteiger partial charge in [0.2, 0.25) is 0 Å². The van der Waals surface area contributed by atoms with Crippen molar-refractivity contribution in [3.05, 3.63) is 0 Å².